The molecule has 1 unspecified atom stereocenters. The number of allylic oxidation sites excluding steroid dienone is 1. The number of hydrogen-bond acceptors (Lipinski definition) is 2. The Balaban J connectivity index is 1.07. The molecule has 0 bridgehead atoms. The Hall–Kier alpha value is -8.28. The Morgan fingerprint density at radius 3 is 1.70 bits per heavy atom. The highest BCUT2D eigenvalue weighted by Gasteiger charge is 2.30. The molecule has 0 amide bonds. The summed E-state index contributed by atoms with van der Waals surface area (Å²) in [5.74, 6) is 1.03. The van der Waals surface area contributed by atoms with E-state index in [2.05, 4.69) is 221 Å². The van der Waals surface area contributed by atoms with E-state index in [1.807, 2.05) is 0 Å². The predicted molar refractivity (Wildman–Crippen MR) is 267 cm³/mol. The Bertz CT molecular complexity index is 4130. The van der Waals surface area contributed by atoms with Crippen LogP contribution in [0.2, 0.25) is 0 Å². The maximum Gasteiger partial charge on any atom is 0.164 e. The minimum Gasteiger partial charge on any atom is -0.310 e. The normalized spacial score (nSPS) is 14.2. The van der Waals surface area contributed by atoms with Gasteiger partial charge in [-0.05, 0) is 118 Å². The van der Waals surface area contributed by atoms with Gasteiger partial charge >= 0.3 is 0 Å². The van der Waals surface area contributed by atoms with Gasteiger partial charge in [0.2, 0.25) is 0 Å². The molecule has 0 radical (unpaired) electrons. The summed E-state index contributed by atoms with van der Waals surface area (Å²) in [4.78, 5) is 11.2. The molecular weight excluding hydrogens is 779 g/mol. The number of fused-ring (bicyclic) bond motifs is 14. The van der Waals surface area contributed by atoms with E-state index in [0.29, 0.717) is 0 Å². The largest absolute Gasteiger partial charge is 0.310 e. The lowest BCUT2D eigenvalue weighted by molar-refractivity contribution is 0.733. The Labute approximate surface area is 368 Å². The van der Waals surface area contributed by atoms with E-state index >= 15 is 0 Å². The molecule has 14 rings (SSSR count). The third kappa shape index (κ3) is 4.95. The van der Waals surface area contributed by atoms with Gasteiger partial charge in [0.05, 0.1) is 44.3 Å². The summed E-state index contributed by atoms with van der Waals surface area (Å²) in [6.45, 7) is 2.35. The van der Waals surface area contributed by atoms with Crippen molar-refractivity contribution in [3.63, 3.8) is 0 Å². The van der Waals surface area contributed by atoms with Gasteiger partial charge in [-0.1, -0.05) is 134 Å². The highest BCUT2D eigenvalue weighted by molar-refractivity contribution is 6.23. The van der Waals surface area contributed by atoms with Crippen molar-refractivity contribution in [3.8, 4) is 17.2 Å². The van der Waals surface area contributed by atoms with E-state index in [4.69, 9.17) is 9.97 Å². The fourth-order valence-corrected chi connectivity index (χ4v) is 11.1. The van der Waals surface area contributed by atoms with Crippen LogP contribution in [-0.4, -0.2) is 23.7 Å². The summed E-state index contributed by atoms with van der Waals surface area (Å²) in [5, 5.41) is 11.1. The molecule has 4 heterocycles. The number of hydrogen-bond donors (Lipinski definition) is 0. The second-order valence-electron chi connectivity index (χ2n) is 17.4. The lowest BCUT2D eigenvalue weighted by atomic mass is 9.84. The topological polar surface area (TPSA) is 40.6 Å². The first-order valence-corrected chi connectivity index (χ1v) is 22.2. The van der Waals surface area contributed by atoms with Crippen LogP contribution in [0, 0.1) is 5.92 Å². The van der Waals surface area contributed by atoms with Crippen LogP contribution in [0.3, 0.4) is 0 Å². The number of para-hydroxylation sites is 5. The van der Waals surface area contributed by atoms with Gasteiger partial charge in [0, 0.05) is 38.3 Å². The quantitative estimate of drug-likeness (QED) is 0.177. The highest BCUT2D eigenvalue weighted by Crippen LogP contribution is 2.45. The Kier molecular flexibility index (Phi) is 7.37. The SMILES string of the molecule is CC1Cc2c(n(-c3ccccc3)c3ccccc23)C=C1c1nc2ccccc2nc1-n1c2ccc(-n3c4ccccc4c4c5ccccc5ccc43)cc2c2c3ccccc3ccc21. The second-order valence-corrected chi connectivity index (χ2v) is 17.4. The first-order chi connectivity index (χ1) is 31.7. The summed E-state index contributed by atoms with van der Waals surface area (Å²) in [6, 6.07) is 70.4. The minimum absolute atomic E-state index is 0.184. The van der Waals surface area contributed by atoms with Crippen LogP contribution in [0.4, 0.5) is 0 Å². The number of rotatable bonds is 4. The molecule has 0 saturated heterocycles. The molecule has 9 aromatic carbocycles. The van der Waals surface area contributed by atoms with Crippen LogP contribution < -0.4 is 0 Å². The molecule has 64 heavy (non-hydrogen) atoms. The summed E-state index contributed by atoms with van der Waals surface area (Å²) < 4.78 is 7.27. The first kappa shape index (κ1) is 35.3. The fourth-order valence-electron chi connectivity index (χ4n) is 11.1. The molecule has 300 valence electrons. The van der Waals surface area contributed by atoms with Gasteiger partial charge in [-0.15, -0.1) is 0 Å². The number of aromatic nitrogens is 5. The van der Waals surface area contributed by atoms with E-state index < -0.39 is 0 Å². The van der Waals surface area contributed by atoms with Crippen LogP contribution in [0.5, 0.6) is 0 Å². The smallest absolute Gasteiger partial charge is 0.164 e. The van der Waals surface area contributed by atoms with E-state index in [1.54, 1.807) is 0 Å². The van der Waals surface area contributed by atoms with Crippen LogP contribution in [0.25, 0.3) is 116 Å². The minimum atomic E-state index is 0.184. The van der Waals surface area contributed by atoms with Crippen molar-refractivity contribution in [2.45, 2.75) is 13.3 Å². The Morgan fingerprint density at radius 1 is 0.422 bits per heavy atom. The van der Waals surface area contributed by atoms with Crippen molar-refractivity contribution in [3.05, 3.63) is 211 Å². The van der Waals surface area contributed by atoms with Gasteiger partial charge in [-0.25, -0.2) is 9.97 Å². The lowest BCUT2D eigenvalue weighted by Crippen LogP contribution is -2.14. The second kappa shape index (κ2) is 13.4. The van der Waals surface area contributed by atoms with Crippen molar-refractivity contribution < 1.29 is 0 Å². The molecule has 1 aliphatic rings. The maximum absolute atomic E-state index is 5.62. The molecular formula is C59H39N5. The first-order valence-electron chi connectivity index (χ1n) is 22.2. The summed E-state index contributed by atoms with van der Waals surface area (Å²) >= 11 is 0. The van der Waals surface area contributed by atoms with Crippen LogP contribution in [-0.2, 0) is 6.42 Å². The fraction of sp³-hybridized carbons (Fsp3) is 0.0508. The van der Waals surface area contributed by atoms with Crippen molar-refractivity contribution in [1.29, 1.82) is 0 Å². The molecule has 0 fully saturated rings. The lowest BCUT2D eigenvalue weighted by Gasteiger charge is -2.24. The van der Waals surface area contributed by atoms with Crippen molar-refractivity contribution in [1.82, 2.24) is 23.7 Å². The summed E-state index contributed by atoms with van der Waals surface area (Å²) in [7, 11) is 0. The average molecular weight is 818 g/mol. The standard InChI is InChI=1S/C59H39N5/c1-36-33-46-43-21-9-13-25-50(43)62(39-17-3-2-4-18-39)55(46)35-45(36)58-59(61-49-24-12-11-23-48(49)60-58)64-52-32-29-40(34-47(52)57-42-20-8-6-16-38(42)28-31-54(57)64)63-51-26-14-10-22-44(51)56-41-19-7-5-15-37(41)27-30-53(56)63/h2-32,34-36H,33H2,1H3. The average Bonchev–Trinajstić information content (AvgIpc) is 3.99. The van der Waals surface area contributed by atoms with Crippen LogP contribution in [0.1, 0.15) is 23.9 Å². The molecule has 0 saturated carbocycles. The van der Waals surface area contributed by atoms with E-state index in [1.165, 1.54) is 81.9 Å². The molecule has 5 nitrogen and oxygen atoms in total. The zero-order valence-electron chi connectivity index (χ0n) is 35.1. The van der Waals surface area contributed by atoms with Crippen molar-refractivity contribution in [2.75, 3.05) is 0 Å². The molecule has 4 aromatic heterocycles. The maximum atomic E-state index is 5.62. The Morgan fingerprint density at radius 2 is 0.969 bits per heavy atom. The zero-order valence-corrected chi connectivity index (χ0v) is 35.1. The molecule has 0 spiro atoms. The third-order valence-corrected chi connectivity index (χ3v) is 13.9. The molecule has 0 N–H and O–H groups in total. The molecule has 13 aromatic rings. The number of nitrogens with zero attached hydrogens (tertiary/aromatic N) is 5. The molecule has 1 atom stereocenters. The highest BCUT2D eigenvalue weighted by atomic mass is 15.1. The van der Waals surface area contributed by atoms with Gasteiger partial charge in [-0.3, -0.25) is 4.57 Å². The van der Waals surface area contributed by atoms with Gasteiger partial charge < -0.3 is 9.13 Å². The summed E-state index contributed by atoms with van der Waals surface area (Å²) in [6.07, 6.45) is 3.30. The number of benzene rings is 9. The monoisotopic (exact) mass is 817 g/mol. The van der Waals surface area contributed by atoms with E-state index in [-0.39, 0.29) is 5.92 Å². The van der Waals surface area contributed by atoms with Gasteiger partial charge in [0.15, 0.2) is 5.82 Å². The molecule has 5 heteroatoms. The van der Waals surface area contributed by atoms with E-state index in [0.717, 1.165) is 51.4 Å². The van der Waals surface area contributed by atoms with Crippen LogP contribution in [0.15, 0.2) is 194 Å². The molecule has 0 aliphatic heterocycles. The van der Waals surface area contributed by atoms with Crippen molar-refractivity contribution in [2.24, 2.45) is 5.92 Å². The molecule has 1 aliphatic carbocycles. The van der Waals surface area contributed by atoms with Crippen molar-refractivity contribution >= 4 is 98.7 Å². The zero-order chi connectivity index (χ0) is 42.0. The van der Waals surface area contributed by atoms with Gasteiger partial charge in [0.1, 0.15) is 5.69 Å². The van der Waals surface area contributed by atoms with E-state index in [9.17, 15) is 0 Å². The summed E-state index contributed by atoms with van der Waals surface area (Å²) in [5.41, 5.74) is 14.5. The third-order valence-electron chi connectivity index (χ3n) is 13.9. The van der Waals surface area contributed by atoms with Crippen LogP contribution >= 0.6 is 0 Å². The van der Waals surface area contributed by atoms with Gasteiger partial charge in [-0.2, -0.15) is 0 Å². The predicted octanol–water partition coefficient (Wildman–Crippen LogP) is 14.8. The van der Waals surface area contributed by atoms with Gasteiger partial charge in [0.25, 0.3) is 0 Å².